The third kappa shape index (κ3) is 12.1. The van der Waals surface area contributed by atoms with Crippen molar-refractivity contribution >= 4 is 54.4 Å². The van der Waals surface area contributed by atoms with Crippen LogP contribution in [0.2, 0.25) is 0 Å². The molecule has 2 heterocycles. The molecule has 0 amide bonds. The molecule has 0 N–H and O–H groups in total. The third-order valence-corrected chi connectivity index (χ3v) is 9.16. The van der Waals surface area contributed by atoms with Gasteiger partial charge in [0, 0.05) is 27.7 Å². The van der Waals surface area contributed by atoms with Gasteiger partial charge in [0.1, 0.15) is 37.0 Å². The molecule has 59 heavy (non-hydrogen) atoms. The van der Waals surface area contributed by atoms with Gasteiger partial charge in [-0.05, 0) is 36.4 Å². The van der Waals surface area contributed by atoms with E-state index in [2.05, 4.69) is 12.6 Å². The summed E-state index contributed by atoms with van der Waals surface area (Å²) in [4.78, 5) is 90.0. The van der Waals surface area contributed by atoms with Crippen LogP contribution in [-0.4, -0.2) is 116 Å². The fraction of sp³-hybridized carbons (Fsp3) is 0.390. The van der Waals surface area contributed by atoms with E-state index in [1.54, 1.807) is 54.6 Å². The van der Waals surface area contributed by atoms with E-state index in [-0.39, 0.29) is 16.7 Å². The highest BCUT2D eigenvalue weighted by molar-refractivity contribution is 7.80. The van der Waals surface area contributed by atoms with E-state index in [0.29, 0.717) is 0 Å². The molecule has 0 spiro atoms. The van der Waals surface area contributed by atoms with Crippen LogP contribution in [0.25, 0.3) is 0 Å². The zero-order valence-electron chi connectivity index (χ0n) is 32.2. The van der Waals surface area contributed by atoms with Gasteiger partial charge in [0.2, 0.25) is 0 Å². The van der Waals surface area contributed by atoms with E-state index in [1.165, 1.54) is 36.4 Å². The second-order valence-electron chi connectivity index (χ2n) is 13.2. The summed E-state index contributed by atoms with van der Waals surface area (Å²) in [6.45, 7) is 3.09. The molecule has 0 saturated carbocycles. The third-order valence-electron chi connectivity index (χ3n) is 8.74. The number of carbonyl (C=O) groups is 7. The highest BCUT2D eigenvalue weighted by Crippen LogP contribution is 2.36. The number of rotatable bonds is 14. The molecule has 0 aromatic heterocycles. The van der Waals surface area contributed by atoms with Crippen molar-refractivity contribution in [1.82, 2.24) is 0 Å². The molecule has 5 rings (SSSR count). The Balaban J connectivity index is 1.61. The molecule has 2 aliphatic heterocycles. The fourth-order valence-electron chi connectivity index (χ4n) is 6.25. The van der Waals surface area contributed by atoms with Gasteiger partial charge in [-0.1, -0.05) is 54.6 Å². The summed E-state index contributed by atoms with van der Waals surface area (Å²) in [6.07, 6.45) is -14.4. The van der Waals surface area contributed by atoms with Gasteiger partial charge in [0.25, 0.3) is 0 Å². The minimum Gasteiger partial charge on any atom is -0.463 e. The number of esters is 7. The first kappa shape index (κ1) is 44.3. The Bertz CT molecular complexity index is 1940. The zero-order chi connectivity index (χ0) is 42.6. The van der Waals surface area contributed by atoms with Crippen LogP contribution >= 0.6 is 12.6 Å². The van der Waals surface area contributed by atoms with Crippen molar-refractivity contribution in [2.45, 2.75) is 88.3 Å². The second kappa shape index (κ2) is 20.7. The summed E-state index contributed by atoms with van der Waals surface area (Å²) < 4.78 is 58.3. The Hall–Kier alpha value is -5.82. The van der Waals surface area contributed by atoms with Gasteiger partial charge in [0.05, 0.1) is 16.7 Å². The van der Waals surface area contributed by atoms with E-state index in [4.69, 9.17) is 47.4 Å². The van der Waals surface area contributed by atoms with Crippen molar-refractivity contribution in [2.75, 3.05) is 13.2 Å². The highest BCUT2D eigenvalue weighted by Gasteiger charge is 2.57. The van der Waals surface area contributed by atoms with Gasteiger partial charge in [-0.15, -0.1) is 12.6 Å². The average Bonchev–Trinajstić information content (AvgIpc) is 3.21. The number of carbonyl (C=O) groups excluding carboxylic acids is 7. The lowest BCUT2D eigenvalue weighted by atomic mass is 9.96. The van der Waals surface area contributed by atoms with E-state index in [1.807, 2.05) is 0 Å². The van der Waals surface area contributed by atoms with Crippen LogP contribution < -0.4 is 0 Å². The summed E-state index contributed by atoms with van der Waals surface area (Å²) in [5.74, 6) is -5.98. The first-order valence-corrected chi connectivity index (χ1v) is 18.8. The van der Waals surface area contributed by atoms with Crippen molar-refractivity contribution in [3.63, 3.8) is 0 Å². The molecule has 3 aromatic carbocycles. The lowest BCUT2D eigenvalue weighted by Crippen LogP contribution is -2.66. The summed E-state index contributed by atoms with van der Waals surface area (Å²) >= 11 is 4.57. The molecule has 0 aliphatic carbocycles. The first-order chi connectivity index (χ1) is 28.2. The molecular weight excluding hydrogens is 797 g/mol. The predicted molar refractivity (Wildman–Crippen MR) is 202 cm³/mol. The van der Waals surface area contributed by atoms with Crippen molar-refractivity contribution < 1.29 is 80.9 Å². The van der Waals surface area contributed by atoms with Crippen LogP contribution in [0.3, 0.4) is 0 Å². The molecule has 314 valence electrons. The first-order valence-electron chi connectivity index (χ1n) is 18.3. The number of benzene rings is 3. The fourth-order valence-corrected chi connectivity index (χ4v) is 6.64. The molecule has 2 aliphatic rings. The van der Waals surface area contributed by atoms with E-state index >= 15 is 0 Å². The SMILES string of the molecule is CC(=O)OC[C@H]1O[C@H](O[C@@H]2[C@H](OC(=O)c3ccccc3)[C@@H](OC(=O)c3ccccc3)[C@H](S)O[C@@H]2COC(=O)c2ccccc2)[C@H](OC(C)=O)[C@@H](OC(C)=O)[C@H]1OC(C)=O. The molecule has 0 bridgehead atoms. The summed E-state index contributed by atoms with van der Waals surface area (Å²) in [6, 6.07) is 23.6. The smallest absolute Gasteiger partial charge is 0.338 e. The van der Waals surface area contributed by atoms with Crippen molar-refractivity contribution in [3.8, 4) is 0 Å². The molecule has 0 radical (unpaired) electrons. The van der Waals surface area contributed by atoms with Crippen molar-refractivity contribution in [2.24, 2.45) is 0 Å². The minimum atomic E-state index is -1.84. The Morgan fingerprint density at radius 2 is 0.864 bits per heavy atom. The molecule has 17 nitrogen and oxygen atoms in total. The predicted octanol–water partition coefficient (Wildman–Crippen LogP) is 3.42. The zero-order valence-corrected chi connectivity index (χ0v) is 33.1. The molecule has 10 atom stereocenters. The number of ether oxygens (including phenoxy) is 10. The normalized spacial score (nSPS) is 26.3. The average molecular weight is 839 g/mol. The van der Waals surface area contributed by atoms with E-state index < -0.39 is 116 Å². The van der Waals surface area contributed by atoms with Gasteiger partial charge in [-0.25, -0.2) is 14.4 Å². The van der Waals surface area contributed by atoms with Crippen LogP contribution in [0.15, 0.2) is 91.0 Å². The van der Waals surface area contributed by atoms with Crippen LogP contribution in [-0.2, 0) is 66.5 Å². The topological polar surface area (TPSA) is 212 Å². The second-order valence-corrected chi connectivity index (χ2v) is 13.7. The Kier molecular flexibility index (Phi) is 15.6. The van der Waals surface area contributed by atoms with Gasteiger partial charge >= 0.3 is 41.8 Å². The van der Waals surface area contributed by atoms with Crippen LogP contribution in [0.1, 0.15) is 58.8 Å². The largest absolute Gasteiger partial charge is 0.463 e. The molecule has 3 aromatic rings. The number of hydrogen-bond donors (Lipinski definition) is 1. The number of hydrogen-bond acceptors (Lipinski definition) is 18. The van der Waals surface area contributed by atoms with Crippen LogP contribution in [0, 0.1) is 0 Å². The van der Waals surface area contributed by atoms with Gasteiger partial charge in [-0.3, -0.25) is 19.2 Å². The van der Waals surface area contributed by atoms with Crippen LogP contribution in [0.4, 0.5) is 0 Å². The molecular formula is C41H42O17S. The maximum Gasteiger partial charge on any atom is 0.338 e. The molecule has 2 saturated heterocycles. The lowest BCUT2D eigenvalue weighted by molar-refractivity contribution is -0.340. The monoisotopic (exact) mass is 838 g/mol. The number of thiol groups is 1. The van der Waals surface area contributed by atoms with Crippen molar-refractivity contribution in [3.05, 3.63) is 108 Å². The summed E-state index contributed by atoms with van der Waals surface area (Å²) in [5.41, 5.74) is -0.963. The Morgan fingerprint density at radius 3 is 1.36 bits per heavy atom. The lowest BCUT2D eigenvalue weighted by Gasteiger charge is -2.48. The standard InChI is InChI=1S/C41H42O17S/c1-22(42)49-20-29-31(51-23(2)43)33(52-24(3)44)35(53-25(4)45)40(54-29)58-32-30(21-50-37(46)26-14-8-5-9-15-26)55-41(59)36(57-39(48)28-18-12-7-13-19-28)34(32)56-38(47)27-16-10-6-11-17-27/h5-19,29-36,40-41,59H,20-21H2,1-4H3/t29-,30-,31+,32+,33+,34+,35-,36-,40-,41+/m1/s1. The van der Waals surface area contributed by atoms with E-state index in [0.717, 1.165) is 27.7 Å². The quantitative estimate of drug-likeness (QED) is 0.140. The maximum atomic E-state index is 13.8. The molecule has 18 heteroatoms. The van der Waals surface area contributed by atoms with Gasteiger partial charge < -0.3 is 47.4 Å². The maximum absolute atomic E-state index is 13.8. The highest BCUT2D eigenvalue weighted by atomic mass is 32.1. The summed E-state index contributed by atoms with van der Waals surface area (Å²) in [5, 5.41) is 0. The Labute approximate surface area is 343 Å². The van der Waals surface area contributed by atoms with Gasteiger partial charge in [0.15, 0.2) is 36.8 Å². The summed E-state index contributed by atoms with van der Waals surface area (Å²) in [7, 11) is 0. The Morgan fingerprint density at radius 1 is 0.458 bits per heavy atom. The van der Waals surface area contributed by atoms with E-state index in [9.17, 15) is 33.6 Å². The van der Waals surface area contributed by atoms with Crippen LogP contribution in [0.5, 0.6) is 0 Å². The molecule has 0 unspecified atom stereocenters. The minimum absolute atomic E-state index is 0.0842. The van der Waals surface area contributed by atoms with Gasteiger partial charge in [-0.2, -0.15) is 0 Å². The molecule has 2 fully saturated rings. The van der Waals surface area contributed by atoms with Crippen molar-refractivity contribution in [1.29, 1.82) is 0 Å².